The summed E-state index contributed by atoms with van der Waals surface area (Å²) >= 11 is 0. The normalized spacial score (nSPS) is 14.2. The van der Waals surface area contributed by atoms with Crippen molar-refractivity contribution < 1.29 is 9.84 Å². The Morgan fingerprint density at radius 1 is 1.10 bits per heavy atom. The lowest BCUT2D eigenvalue weighted by atomic mass is 9.94. The van der Waals surface area contributed by atoms with E-state index in [0.29, 0.717) is 5.92 Å². The van der Waals surface area contributed by atoms with Crippen LogP contribution in [0.1, 0.15) is 44.8 Å². The number of benzene rings is 2. The summed E-state index contributed by atoms with van der Waals surface area (Å²) in [5, 5.41) is 12.6. The SMILES string of the molecule is CCCC(C)CC(O)c1ccc2cc(OC)ccc2c1. The number of hydrogen-bond donors (Lipinski definition) is 1. The molecule has 2 atom stereocenters. The van der Waals surface area contributed by atoms with E-state index >= 15 is 0 Å². The van der Waals surface area contributed by atoms with Gasteiger partial charge >= 0.3 is 0 Å². The van der Waals surface area contributed by atoms with Gasteiger partial charge in [0, 0.05) is 0 Å². The highest BCUT2D eigenvalue weighted by molar-refractivity contribution is 5.84. The Morgan fingerprint density at radius 2 is 1.80 bits per heavy atom. The molecule has 1 N–H and O–H groups in total. The molecular formula is C18H24O2. The van der Waals surface area contributed by atoms with Gasteiger partial charge in [0.15, 0.2) is 0 Å². The predicted octanol–water partition coefficient (Wildman–Crippen LogP) is 4.71. The molecule has 0 aliphatic carbocycles. The lowest BCUT2D eigenvalue weighted by Crippen LogP contribution is -2.04. The highest BCUT2D eigenvalue weighted by Gasteiger charge is 2.12. The Hall–Kier alpha value is -1.54. The first-order chi connectivity index (χ1) is 9.63. The zero-order valence-electron chi connectivity index (χ0n) is 12.6. The molecule has 0 aliphatic rings. The minimum atomic E-state index is -0.372. The van der Waals surface area contributed by atoms with Gasteiger partial charge in [-0.05, 0) is 46.9 Å². The van der Waals surface area contributed by atoms with Crippen LogP contribution in [0, 0.1) is 5.92 Å². The van der Waals surface area contributed by atoms with Crippen LogP contribution in [0.3, 0.4) is 0 Å². The van der Waals surface area contributed by atoms with E-state index in [0.717, 1.165) is 28.5 Å². The molecule has 108 valence electrons. The molecule has 2 aromatic rings. The number of fused-ring (bicyclic) bond motifs is 1. The molecule has 2 heteroatoms. The molecule has 2 unspecified atom stereocenters. The van der Waals surface area contributed by atoms with Crippen molar-refractivity contribution in [2.24, 2.45) is 5.92 Å². The lowest BCUT2D eigenvalue weighted by Gasteiger charge is -2.16. The molecule has 2 aromatic carbocycles. The Bertz CT molecular complexity index is 562. The van der Waals surface area contributed by atoms with E-state index in [2.05, 4.69) is 26.0 Å². The van der Waals surface area contributed by atoms with Gasteiger partial charge in [0.1, 0.15) is 5.75 Å². The third kappa shape index (κ3) is 3.51. The summed E-state index contributed by atoms with van der Waals surface area (Å²) in [6.45, 7) is 4.39. The summed E-state index contributed by atoms with van der Waals surface area (Å²) < 4.78 is 5.23. The molecule has 0 radical (unpaired) electrons. The standard InChI is InChI=1S/C18H24O2/c1-4-5-13(2)10-18(19)16-7-6-15-12-17(20-3)9-8-14(15)11-16/h6-9,11-13,18-19H,4-5,10H2,1-3H3. The third-order valence-corrected chi connectivity index (χ3v) is 3.86. The van der Waals surface area contributed by atoms with Crippen molar-refractivity contribution in [2.75, 3.05) is 7.11 Å². The highest BCUT2D eigenvalue weighted by atomic mass is 16.5. The summed E-state index contributed by atoms with van der Waals surface area (Å²) in [6, 6.07) is 12.2. The summed E-state index contributed by atoms with van der Waals surface area (Å²) in [7, 11) is 1.68. The van der Waals surface area contributed by atoms with Gasteiger partial charge in [0.05, 0.1) is 13.2 Å². The first-order valence-corrected chi connectivity index (χ1v) is 7.39. The minimum absolute atomic E-state index is 0.372. The van der Waals surface area contributed by atoms with Gasteiger partial charge in [0.25, 0.3) is 0 Å². The van der Waals surface area contributed by atoms with E-state index < -0.39 is 0 Å². The molecule has 20 heavy (non-hydrogen) atoms. The Morgan fingerprint density at radius 3 is 2.50 bits per heavy atom. The monoisotopic (exact) mass is 272 g/mol. The van der Waals surface area contributed by atoms with Gasteiger partial charge in [0.2, 0.25) is 0 Å². The van der Waals surface area contributed by atoms with E-state index in [1.807, 2.05) is 24.3 Å². The van der Waals surface area contributed by atoms with Crippen LogP contribution in [0.25, 0.3) is 10.8 Å². The van der Waals surface area contributed by atoms with E-state index in [1.54, 1.807) is 7.11 Å². The van der Waals surface area contributed by atoms with E-state index in [9.17, 15) is 5.11 Å². The van der Waals surface area contributed by atoms with Crippen molar-refractivity contribution in [1.29, 1.82) is 0 Å². The van der Waals surface area contributed by atoms with Crippen LogP contribution in [0.2, 0.25) is 0 Å². The lowest BCUT2D eigenvalue weighted by molar-refractivity contribution is 0.145. The second-order valence-electron chi connectivity index (χ2n) is 5.62. The van der Waals surface area contributed by atoms with Crippen LogP contribution in [0.4, 0.5) is 0 Å². The topological polar surface area (TPSA) is 29.5 Å². The van der Waals surface area contributed by atoms with Gasteiger partial charge in [-0.25, -0.2) is 0 Å². The second-order valence-corrected chi connectivity index (χ2v) is 5.62. The van der Waals surface area contributed by atoms with Crippen molar-refractivity contribution in [3.63, 3.8) is 0 Å². The van der Waals surface area contributed by atoms with Crippen molar-refractivity contribution in [3.8, 4) is 5.75 Å². The summed E-state index contributed by atoms with van der Waals surface area (Å²) in [6.07, 6.45) is 2.80. The molecule has 0 bridgehead atoms. The van der Waals surface area contributed by atoms with Crippen LogP contribution in [-0.2, 0) is 0 Å². The van der Waals surface area contributed by atoms with Crippen molar-refractivity contribution in [2.45, 2.75) is 39.2 Å². The summed E-state index contributed by atoms with van der Waals surface area (Å²) in [5.41, 5.74) is 1.01. The molecule has 0 aliphatic heterocycles. The van der Waals surface area contributed by atoms with Crippen molar-refractivity contribution in [1.82, 2.24) is 0 Å². The average Bonchev–Trinajstić information content (AvgIpc) is 2.46. The zero-order valence-corrected chi connectivity index (χ0v) is 12.6. The molecule has 0 amide bonds. The van der Waals surface area contributed by atoms with E-state index in [4.69, 9.17) is 4.74 Å². The first kappa shape index (κ1) is 14.9. The highest BCUT2D eigenvalue weighted by Crippen LogP contribution is 2.28. The molecule has 0 saturated heterocycles. The van der Waals surface area contributed by atoms with E-state index in [1.165, 1.54) is 12.8 Å². The number of aliphatic hydroxyl groups is 1. The van der Waals surface area contributed by atoms with Gasteiger partial charge < -0.3 is 9.84 Å². The molecule has 2 rings (SSSR count). The van der Waals surface area contributed by atoms with Gasteiger partial charge in [-0.3, -0.25) is 0 Å². The van der Waals surface area contributed by atoms with Gasteiger partial charge in [-0.2, -0.15) is 0 Å². The molecule has 0 spiro atoms. The number of hydrogen-bond acceptors (Lipinski definition) is 2. The molecular weight excluding hydrogens is 248 g/mol. The van der Waals surface area contributed by atoms with Crippen LogP contribution >= 0.6 is 0 Å². The van der Waals surface area contributed by atoms with Gasteiger partial charge in [-0.1, -0.05) is 44.9 Å². The minimum Gasteiger partial charge on any atom is -0.497 e. The number of aliphatic hydroxyl groups excluding tert-OH is 1. The number of methoxy groups -OCH3 is 1. The average molecular weight is 272 g/mol. The molecule has 0 heterocycles. The maximum atomic E-state index is 10.4. The fourth-order valence-corrected chi connectivity index (χ4v) is 2.70. The quantitative estimate of drug-likeness (QED) is 0.825. The van der Waals surface area contributed by atoms with Crippen LogP contribution in [-0.4, -0.2) is 12.2 Å². The summed E-state index contributed by atoms with van der Waals surface area (Å²) in [5.74, 6) is 1.42. The molecule has 2 nitrogen and oxygen atoms in total. The van der Waals surface area contributed by atoms with Crippen molar-refractivity contribution >= 4 is 10.8 Å². The Labute approximate surface area is 121 Å². The second kappa shape index (κ2) is 6.76. The Kier molecular flexibility index (Phi) is 5.02. The van der Waals surface area contributed by atoms with E-state index in [-0.39, 0.29) is 6.10 Å². The smallest absolute Gasteiger partial charge is 0.119 e. The Balaban J connectivity index is 2.18. The number of ether oxygens (including phenoxy) is 1. The van der Waals surface area contributed by atoms with Crippen molar-refractivity contribution in [3.05, 3.63) is 42.0 Å². The predicted molar refractivity (Wildman–Crippen MR) is 84.1 cm³/mol. The molecule has 0 aromatic heterocycles. The maximum absolute atomic E-state index is 10.4. The first-order valence-electron chi connectivity index (χ1n) is 7.39. The fourth-order valence-electron chi connectivity index (χ4n) is 2.70. The molecule has 0 saturated carbocycles. The fraction of sp³-hybridized carbons (Fsp3) is 0.444. The van der Waals surface area contributed by atoms with Crippen LogP contribution < -0.4 is 4.74 Å². The largest absolute Gasteiger partial charge is 0.497 e. The maximum Gasteiger partial charge on any atom is 0.119 e. The van der Waals surface area contributed by atoms with Gasteiger partial charge in [-0.15, -0.1) is 0 Å². The van der Waals surface area contributed by atoms with Crippen LogP contribution in [0.15, 0.2) is 36.4 Å². The number of rotatable bonds is 6. The summed E-state index contributed by atoms with van der Waals surface area (Å²) in [4.78, 5) is 0. The van der Waals surface area contributed by atoms with Crippen LogP contribution in [0.5, 0.6) is 5.75 Å². The zero-order chi connectivity index (χ0) is 14.5. The molecule has 0 fully saturated rings. The third-order valence-electron chi connectivity index (χ3n) is 3.86.